The summed E-state index contributed by atoms with van der Waals surface area (Å²) in [5, 5.41) is 0. The fraction of sp³-hybridized carbons (Fsp3) is 0.188. The zero-order chi connectivity index (χ0) is 15.4. The largest absolute Gasteiger partial charge is 0.295 e. The smallest absolute Gasteiger partial charge is 0.182 e. The molecular formula is C16H14BrF2NO. The van der Waals surface area contributed by atoms with Crippen LogP contribution in [0, 0.1) is 11.6 Å². The lowest BCUT2D eigenvalue weighted by Crippen LogP contribution is -2.27. The topological polar surface area (TPSA) is 20.3 Å². The van der Waals surface area contributed by atoms with Crippen molar-refractivity contribution in [2.45, 2.75) is 6.54 Å². The predicted octanol–water partition coefficient (Wildman–Crippen LogP) is 4.04. The van der Waals surface area contributed by atoms with E-state index in [0.29, 0.717) is 6.54 Å². The van der Waals surface area contributed by atoms with E-state index in [-0.39, 0.29) is 6.54 Å². The maximum Gasteiger partial charge on any atom is 0.182 e. The molecule has 2 aromatic carbocycles. The van der Waals surface area contributed by atoms with E-state index in [1.54, 1.807) is 11.9 Å². The highest BCUT2D eigenvalue weighted by Crippen LogP contribution is 2.18. The quantitative estimate of drug-likeness (QED) is 0.756. The highest BCUT2D eigenvalue weighted by molar-refractivity contribution is 9.10. The Bertz CT molecular complexity index is 640. The van der Waals surface area contributed by atoms with Crippen molar-refractivity contribution in [1.29, 1.82) is 0 Å². The third-order valence-electron chi connectivity index (χ3n) is 3.05. The van der Waals surface area contributed by atoms with Gasteiger partial charge in [0.15, 0.2) is 5.78 Å². The fourth-order valence-corrected chi connectivity index (χ4v) is 2.47. The van der Waals surface area contributed by atoms with E-state index in [2.05, 4.69) is 15.9 Å². The molecule has 0 heterocycles. The normalized spacial score (nSPS) is 10.9. The van der Waals surface area contributed by atoms with Crippen molar-refractivity contribution in [2.24, 2.45) is 0 Å². The highest BCUT2D eigenvalue weighted by Gasteiger charge is 2.18. The van der Waals surface area contributed by atoms with E-state index in [4.69, 9.17) is 0 Å². The van der Waals surface area contributed by atoms with Crippen LogP contribution in [0.1, 0.15) is 15.9 Å². The van der Waals surface area contributed by atoms with Crippen molar-refractivity contribution in [3.05, 3.63) is 69.7 Å². The molecular weight excluding hydrogens is 340 g/mol. The first-order chi connectivity index (χ1) is 9.99. The first-order valence-electron chi connectivity index (χ1n) is 6.38. The van der Waals surface area contributed by atoms with E-state index < -0.39 is 23.0 Å². The molecule has 21 heavy (non-hydrogen) atoms. The lowest BCUT2D eigenvalue weighted by molar-refractivity contribution is 0.0934. The number of Topliss-reactive ketones (excluding diaryl/α,β-unsaturated/α-hetero) is 1. The van der Waals surface area contributed by atoms with Gasteiger partial charge in [0.1, 0.15) is 11.6 Å². The lowest BCUT2D eigenvalue weighted by atomic mass is 10.1. The van der Waals surface area contributed by atoms with Gasteiger partial charge in [0.05, 0.1) is 12.1 Å². The number of hydrogen-bond acceptors (Lipinski definition) is 2. The van der Waals surface area contributed by atoms with E-state index in [0.717, 1.165) is 22.2 Å². The van der Waals surface area contributed by atoms with Crippen LogP contribution in [0.15, 0.2) is 46.9 Å². The van der Waals surface area contributed by atoms with Crippen molar-refractivity contribution in [1.82, 2.24) is 4.90 Å². The molecule has 0 saturated heterocycles. The number of carbonyl (C=O) groups is 1. The zero-order valence-corrected chi connectivity index (χ0v) is 13.0. The van der Waals surface area contributed by atoms with Gasteiger partial charge >= 0.3 is 0 Å². The number of nitrogens with zero attached hydrogens (tertiary/aromatic N) is 1. The van der Waals surface area contributed by atoms with Crippen LogP contribution in [-0.4, -0.2) is 24.3 Å². The maximum atomic E-state index is 13.6. The molecule has 0 aliphatic rings. The standard InChI is InChI=1S/C16H14BrF2NO/c1-20(9-11-5-2-3-6-12(11)17)10-15(21)16-13(18)7-4-8-14(16)19/h2-8H,9-10H2,1H3. The van der Waals surface area contributed by atoms with Crippen LogP contribution in [0.5, 0.6) is 0 Å². The van der Waals surface area contributed by atoms with Gasteiger partial charge in [-0.1, -0.05) is 40.2 Å². The van der Waals surface area contributed by atoms with Crippen LogP contribution < -0.4 is 0 Å². The van der Waals surface area contributed by atoms with Crippen LogP contribution >= 0.6 is 15.9 Å². The van der Waals surface area contributed by atoms with Crippen molar-refractivity contribution in [3.63, 3.8) is 0 Å². The van der Waals surface area contributed by atoms with Gasteiger partial charge in [-0.25, -0.2) is 8.78 Å². The number of likely N-dealkylation sites (N-methyl/N-ethyl adjacent to an activating group) is 1. The Balaban J connectivity index is 2.08. The minimum atomic E-state index is -0.825. The Hall–Kier alpha value is -1.59. The molecule has 0 fully saturated rings. The minimum absolute atomic E-state index is 0.0564. The molecule has 2 rings (SSSR count). The molecule has 0 N–H and O–H groups in total. The third kappa shape index (κ3) is 3.95. The first-order valence-corrected chi connectivity index (χ1v) is 7.17. The van der Waals surface area contributed by atoms with Gasteiger partial charge in [-0.3, -0.25) is 9.69 Å². The molecule has 2 nitrogen and oxygen atoms in total. The molecule has 2 aromatic rings. The summed E-state index contributed by atoms with van der Waals surface area (Å²) in [6.45, 7) is 0.447. The maximum absolute atomic E-state index is 13.6. The van der Waals surface area contributed by atoms with Crippen LogP contribution in [0.4, 0.5) is 8.78 Å². The van der Waals surface area contributed by atoms with Crippen LogP contribution in [0.25, 0.3) is 0 Å². The average Bonchev–Trinajstić information content (AvgIpc) is 2.41. The second kappa shape index (κ2) is 6.91. The number of halogens is 3. The molecule has 0 amide bonds. The van der Waals surface area contributed by atoms with Crippen molar-refractivity contribution < 1.29 is 13.6 Å². The summed E-state index contributed by atoms with van der Waals surface area (Å²) in [5.41, 5.74) is 0.526. The molecule has 0 saturated carbocycles. The first kappa shape index (κ1) is 15.8. The van der Waals surface area contributed by atoms with Gasteiger partial charge < -0.3 is 0 Å². The monoisotopic (exact) mass is 353 g/mol. The van der Waals surface area contributed by atoms with E-state index in [1.807, 2.05) is 24.3 Å². The second-order valence-corrected chi connectivity index (χ2v) is 5.64. The number of benzene rings is 2. The summed E-state index contributed by atoms with van der Waals surface area (Å²) < 4.78 is 28.0. The molecule has 0 aromatic heterocycles. The zero-order valence-electron chi connectivity index (χ0n) is 11.4. The third-order valence-corrected chi connectivity index (χ3v) is 3.83. The summed E-state index contributed by atoms with van der Waals surface area (Å²) in [6.07, 6.45) is 0. The Morgan fingerprint density at radius 2 is 1.71 bits per heavy atom. The SMILES string of the molecule is CN(CC(=O)c1c(F)cccc1F)Cc1ccccc1Br. The predicted molar refractivity (Wildman–Crippen MR) is 81.2 cm³/mol. The minimum Gasteiger partial charge on any atom is -0.295 e. The van der Waals surface area contributed by atoms with E-state index in [9.17, 15) is 13.6 Å². The summed E-state index contributed by atoms with van der Waals surface area (Å²) in [6, 6.07) is 11.0. The molecule has 0 unspecified atom stereocenters. The Labute approximate surface area is 130 Å². The van der Waals surface area contributed by atoms with Gasteiger partial charge in [0.25, 0.3) is 0 Å². The van der Waals surface area contributed by atoms with Gasteiger partial charge in [-0.2, -0.15) is 0 Å². The Morgan fingerprint density at radius 1 is 1.10 bits per heavy atom. The van der Waals surface area contributed by atoms with Crippen LogP contribution in [-0.2, 0) is 6.54 Å². The van der Waals surface area contributed by atoms with Gasteiger partial charge in [-0.15, -0.1) is 0 Å². The molecule has 0 aliphatic carbocycles. The van der Waals surface area contributed by atoms with Crippen LogP contribution in [0.2, 0.25) is 0 Å². The average molecular weight is 354 g/mol. The van der Waals surface area contributed by atoms with E-state index in [1.165, 1.54) is 6.07 Å². The number of ketones is 1. The lowest BCUT2D eigenvalue weighted by Gasteiger charge is -2.17. The van der Waals surface area contributed by atoms with Crippen molar-refractivity contribution in [2.75, 3.05) is 13.6 Å². The molecule has 0 spiro atoms. The Kier molecular flexibility index (Phi) is 5.20. The summed E-state index contributed by atoms with van der Waals surface area (Å²) in [5.74, 6) is -2.22. The number of hydrogen-bond donors (Lipinski definition) is 0. The molecule has 0 bridgehead atoms. The molecule has 0 aliphatic heterocycles. The summed E-state index contributed by atoms with van der Waals surface area (Å²) in [7, 11) is 1.73. The van der Waals surface area contributed by atoms with Crippen molar-refractivity contribution >= 4 is 21.7 Å². The Morgan fingerprint density at radius 3 is 2.33 bits per heavy atom. The second-order valence-electron chi connectivity index (χ2n) is 4.78. The van der Waals surface area contributed by atoms with Crippen molar-refractivity contribution in [3.8, 4) is 0 Å². The molecule has 110 valence electrons. The van der Waals surface area contributed by atoms with Gasteiger partial charge in [0.2, 0.25) is 0 Å². The molecule has 0 atom stereocenters. The highest BCUT2D eigenvalue weighted by atomic mass is 79.9. The summed E-state index contributed by atoms with van der Waals surface area (Å²) in [4.78, 5) is 13.8. The fourth-order valence-electron chi connectivity index (χ4n) is 2.06. The molecule has 0 radical (unpaired) electrons. The number of carbonyl (C=O) groups excluding carboxylic acids is 1. The van der Waals surface area contributed by atoms with Crippen LogP contribution in [0.3, 0.4) is 0 Å². The van der Waals surface area contributed by atoms with E-state index >= 15 is 0 Å². The van der Waals surface area contributed by atoms with Gasteiger partial charge in [0, 0.05) is 11.0 Å². The summed E-state index contributed by atoms with van der Waals surface area (Å²) >= 11 is 3.43. The number of rotatable bonds is 5. The molecule has 5 heteroatoms. The van der Waals surface area contributed by atoms with Gasteiger partial charge in [-0.05, 0) is 30.8 Å².